The quantitative estimate of drug-likeness (QED) is 0.419. The van der Waals surface area contributed by atoms with E-state index in [1.54, 1.807) is 7.11 Å². The van der Waals surface area contributed by atoms with Gasteiger partial charge in [0.25, 0.3) is 0 Å². The molecule has 0 aliphatic carbocycles. The molecule has 0 radical (unpaired) electrons. The number of nitrogens with zero attached hydrogens (tertiary/aromatic N) is 2. The number of ether oxygens (including phenoxy) is 4. The Labute approximate surface area is 191 Å². The van der Waals surface area contributed by atoms with Gasteiger partial charge in [-0.1, -0.05) is 6.07 Å². The summed E-state index contributed by atoms with van der Waals surface area (Å²) in [6, 6.07) is 5.79. The topological polar surface area (TPSA) is 84.8 Å². The molecule has 2 aliphatic heterocycles. The molecule has 1 atom stereocenters. The van der Waals surface area contributed by atoms with Crippen LogP contribution in [0.5, 0.6) is 11.5 Å². The van der Waals surface area contributed by atoms with Gasteiger partial charge in [-0.3, -0.25) is 0 Å². The SMILES string of the molecule is CCNC(=NCc1ccc(OCCO)c(OC)c1)N1CCC(OCC2CCCCO2)CC1. The molecule has 1 aromatic carbocycles. The maximum Gasteiger partial charge on any atom is 0.194 e. The summed E-state index contributed by atoms with van der Waals surface area (Å²) in [5.41, 5.74) is 1.04. The highest BCUT2D eigenvalue weighted by Crippen LogP contribution is 2.28. The smallest absolute Gasteiger partial charge is 0.194 e. The van der Waals surface area contributed by atoms with Gasteiger partial charge >= 0.3 is 0 Å². The molecule has 2 saturated heterocycles. The van der Waals surface area contributed by atoms with Crippen molar-refractivity contribution in [3.8, 4) is 11.5 Å². The van der Waals surface area contributed by atoms with E-state index in [4.69, 9.17) is 29.0 Å². The van der Waals surface area contributed by atoms with Gasteiger partial charge in [0.2, 0.25) is 0 Å². The zero-order chi connectivity index (χ0) is 22.6. The molecule has 1 aromatic rings. The first kappa shape index (κ1) is 24.6. The van der Waals surface area contributed by atoms with Crippen LogP contribution in [0.1, 0.15) is 44.6 Å². The number of guanidine groups is 1. The van der Waals surface area contributed by atoms with E-state index in [-0.39, 0.29) is 19.3 Å². The van der Waals surface area contributed by atoms with Crippen LogP contribution in [0.4, 0.5) is 0 Å². The molecule has 8 nitrogen and oxygen atoms in total. The van der Waals surface area contributed by atoms with Crippen LogP contribution in [0.3, 0.4) is 0 Å². The number of hydrogen-bond donors (Lipinski definition) is 2. The van der Waals surface area contributed by atoms with Gasteiger partial charge in [0, 0.05) is 26.2 Å². The van der Waals surface area contributed by atoms with Crippen LogP contribution >= 0.6 is 0 Å². The van der Waals surface area contributed by atoms with Gasteiger partial charge in [0.05, 0.1) is 39.1 Å². The number of nitrogens with one attached hydrogen (secondary N) is 1. The third-order valence-corrected chi connectivity index (χ3v) is 5.86. The molecule has 2 heterocycles. The average molecular weight is 450 g/mol. The molecule has 2 N–H and O–H groups in total. The Morgan fingerprint density at radius 1 is 1.22 bits per heavy atom. The number of aliphatic imine (C=N–C) groups is 1. The standard InChI is InChI=1S/C24H39N3O5/c1-3-25-24(26-17-19-7-8-22(31-15-13-28)23(16-19)29-2)27-11-9-20(10-12-27)32-18-21-6-4-5-14-30-21/h7-8,16,20-21,28H,3-6,9-15,17-18H2,1-2H3,(H,25,26). The van der Waals surface area contributed by atoms with Gasteiger partial charge in [0.15, 0.2) is 17.5 Å². The van der Waals surface area contributed by atoms with Crippen molar-refractivity contribution in [3.05, 3.63) is 23.8 Å². The van der Waals surface area contributed by atoms with Crippen LogP contribution < -0.4 is 14.8 Å². The predicted octanol–water partition coefficient (Wildman–Crippen LogP) is 2.58. The summed E-state index contributed by atoms with van der Waals surface area (Å²) < 4.78 is 22.9. The maximum atomic E-state index is 8.96. The van der Waals surface area contributed by atoms with E-state index in [1.165, 1.54) is 12.8 Å². The predicted molar refractivity (Wildman–Crippen MR) is 125 cm³/mol. The first-order valence-electron chi connectivity index (χ1n) is 11.9. The van der Waals surface area contributed by atoms with Crippen molar-refractivity contribution in [2.75, 3.05) is 53.2 Å². The highest BCUT2D eigenvalue weighted by atomic mass is 16.5. The van der Waals surface area contributed by atoms with E-state index >= 15 is 0 Å². The lowest BCUT2D eigenvalue weighted by Gasteiger charge is -2.35. The van der Waals surface area contributed by atoms with E-state index in [2.05, 4.69) is 17.1 Å². The summed E-state index contributed by atoms with van der Waals surface area (Å²) in [5, 5.41) is 12.4. The summed E-state index contributed by atoms with van der Waals surface area (Å²) in [6.45, 7) is 7.13. The molecule has 2 fully saturated rings. The lowest BCUT2D eigenvalue weighted by atomic mass is 10.1. The van der Waals surface area contributed by atoms with E-state index in [1.807, 2.05) is 18.2 Å². The third kappa shape index (κ3) is 7.53. The van der Waals surface area contributed by atoms with Crippen molar-refractivity contribution < 1.29 is 24.1 Å². The monoisotopic (exact) mass is 449 g/mol. The van der Waals surface area contributed by atoms with Crippen molar-refractivity contribution in [1.82, 2.24) is 10.2 Å². The molecule has 0 bridgehead atoms. The minimum atomic E-state index is -0.0304. The number of piperidine rings is 1. The summed E-state index contributed by atoms with van der Waals surface area (Å²) in [5.74, 6) is 2.21. The van der Waals surface area contributed by atoms with Crippen molar-refractivity contribution >= 4 is 5.96 Å². The number of aliphatic hydroxyl groups is 1. The number of rotatable bonds is 10. The molecule has 0 amide bonds. The van der Waals surface area contributed by atoms with Gasteiger partial charge < -0.3 is 34.3 Å². The van der Waals surface area contributed by atoms with Gasteiger partial charge in [-0.2, -0.15) is 0 Å². The van der Waals surface area contributed by atoms with Gasteiger partial charge in [-0.25, -0.2) is 4.99 Å². The molecule has 180 valence electrons. The summed E-state index contributed by atoms with van der Waals surface area (Å²) in [4.78, 5) is 7.17. The van der Waals surface area contributed by atoms with E-state index in [0.717, 1.165) is 63.6 Å². The Hall–Kier alpha value is -2.03. The second-order valence-electron chi connectivity index (χ2n) is 8.24. The van der Waals surface area contributed by atoms with E-state index in [0.29, 0.717) is 24.1 Å². The molecule has 0 aromatic heterocycles. The number of aliphatic hydroxyl groups excluding tert-OH is 1. The van der Waals surface area contributed by atoms with E-state index < -0.39 is 0 Å². The minimum absolute atomic E-state index is 0.0304. The highest BCUT2D eigenvalue weighted by molar-refractivity contribution is 5.80. The molecule has 0 saturated carbocycles. The molecule has 32 heavy (non-hydrogen) atoms. The van der Waals surface area contributed by atoms with Crippen LogP contribution in [0.2, 0.25) is 0 Å². The summed E-state index contributed by atoms with van der Waals surface area (Å²) >= 11 is 0. The molecule has 1 unspecified atom stereocenters. The Morgan fingerprint density at radius 2 is 2.06 bits per heavy atom. The Kier molecular flexibility index (Phi) is 10.4. The fraction of sp³-hybridized carbons (Fsp3) is 0.708. The third-order valence-electron chi connectivity index (χ3n) is 5.86. The Morgan fingerprint density at radius 3 is 2.75 bits per heavy atom. The summed E-state index contributed by atoms with van der Waals surface area (Å²) in [7, 11) is 1.62. The Balaban J connectivity index is 1.51. The number of hydrogen-bond acceptors (Lipinski definition) is 6. The van der Waals surface area contributed by atoms with Gasteiger partial charge in [0.1, 0.15) is 6.61 Å². The fourth-order valence-corrected chi connectivity index (χ4v) is 4.09. The molecule has 8 heteroatoms. The number of likely N-dealkylation sites (tertiary alicyclic amines) is 1. The second-order valence-corrected chi connectivity index (χ2v) is 8.24. The van der Waals surface area contributed by atoms with Crippen molar-refractivity contribution in [2.45, 2.75) is 57.8 Å². The molecule has 3 rings (SSSR count). The lowest BCUT2D eigenvalue weighted by Crippen LogP contribution is -2.47. The van der Waals surface area contributed by atoms with Crippen LogP contribution in [0, 0.1) is 0 Å². The maximum absolute atomic E-state index is 8.96. The Bertz CT molecular complexity index is 701. The van der Waals surface area contributed by atoms with Crippen molar-refractivity contribution in [2.24, 2.45) is 4.99 Å². The zero-order valence-corrected chi connectivity index (χ0v) is 19.6. The van der Waals surface area contributed by atoms with Gasteiger partial charge in [-0.15, -0.1) is 0 Å². The summed E-state index contributed by atoms with van der Waals surface area (Å²) in [6.07, 6.45) is 6.13. The van der Waals surface area contributed by atoms with Crippen LogP contribution in [-0.2, 0) is 16.0 Å². The number of methoxy groups -OCH3 is 1. The lowest BCUT2D eigenvalue weighted by molar-refractivity contribution is -0.0721. The highest BCUT2D eigenvalue weighted by Gasteiger charge is 2.23. The van der Waals surface area contributed by atoms with E-state index in [9.17, 15) is 0 Å². The molecule has 0 spiro atoms. The van der Waals surface area contributed by atoms with Crippen LogP contribution in [0.15, 0.2) is 23.2 Å². The largest absolute Gasteiger partial charge is 0.493 e. The van der Waals surface area contributed by atoms with Crippen LogP contribution in [0.25, 0.3) is 0 Å². The van der Waals surface area contributed by atoms with Crippen LogP contribution in [-0.4, -0.2) is 81.3 Å². The molecule has 2 aliphatic rings. The fourth-order valence-electron chi connectivity index (χ4n) is 4.09. The number of benzene rings is 1. The second kappa shape index (κ2) is 13.5. The first-order valence-corrected chi connectivity index (χ1v) is 11.9. The van der Waals surface area contributed by atoms with Gasteiger partial charge in [-0.05, 0) is 56.7 Å². The average Bonchev–Trinajstić information content (AvgIpc) is 2.85. The normalized spacial score (nSPS) is 20.3. The minimum Gasteiger partial charge on any atom is -0.493 e. The zero-order valence-electron chi connectivity index (χ0n) is 19.6. The molecular weight excluding hydrogens is 410 g/mol. The first-order chi connectivity index (χ1) is 15.7. The molecular formula is C24H39N3O5. The van der Waals surface area contributed by atoms with Crippen molar-refractivity contribution in [1.29, 1.82) is 0 Å². The van der Waals surface area contributed by atoms with Crippen molar-refractivity contribution in [3.63, 3.8) is 0 Å².